The van der Waals surface area contributed by atoms with Gasteiger partial charge in [0.25, 0.3) is 0 Å². The van der Waals surface area contributed by atoms with E-state index in [1.807, 2.05) is 0 Å². The van der Waals surface area contributed by atoms with E-state index in [1.54, 1.807) is 24.3 Å². The van der Waals surface area contributed by atoms with Gasteiger partial charge in [0, 0.05) is 29.5 Å². The molecule has 1 aliphatic carbocycles. The SMILES string of the molecule is O=C(CCc1nc(-c2ccc(Cl)cc2)no1)N[C@H]1CCC[C@@H](C(F)(F)F)C1. The fraction of sp³-hybridized carbons (Fsp3) is 0.500. The Balaban J connectivity index is 1.49. The molecule has 2 atom stereocenters. The molecular weight excluding hydrogens is 383 g/mol. The lowest BCUT2D eigenvalue weighted by molar-refractivity contribution is -0.184. The third-order valence-electron chi connectivity index (χ3n) is 4.64. The molecule has 1 N–H and O–H groups in total. The molecule has 1 aliphatic rings. The molecule has 0 unspecified atom stereocenters. The lowest BCUT2D eigenvalue weighted by Crippen LogP contribution is -2.41. The fourth-order valence-electron chi connectivity index (χ4n) is 3.21. The minimum absolute atomic E-state index is 0.0590. The Morgan fingerprint density at radius 2 is 2.00 bits per heavy atom. The number of alkyl halides is 3. The number of aryl methyl sites for hydroxylation is 1. The van der Waals surface area contributed by atoms with Gasteiger partial charge in [0.2, 0.25) is 17.6 Å². The van der Waals surface area contributed by atoms with Crippen LogP contribution >= 0.6 is 11.6 Å². The van der Waals surface area contributed by atoms with Gasteiger partial charge in [-0.25, -0.2) is 0 Å². The van der Waals surface area contributed by atoms with Crippen molar-refractivity contribution in [2.75, 3.05) is 0 Å². The zero-order chi connectivity index (χ0) is 19.4. The maximum atomic E-state index is 12.8. The van der Waals surface area contributed by atoms with Crippen LogP contribution in [-0.4, -0.2) is 28.3 Å². The minimum atomic E-state index is -4.20. The predicted octanol–water partition coefficient (Wildman–Crippen LogP) is 4.56. The topological polar surface area (TPSA) is 68.0 Å². The Morgan fingerprint density at radius 3 is 2.70 bits per heavy atom. The molecule has 0 aliphatic heterocycles. The second-order valence-electron chi connectivity index (χ2n) is 6.69. The molecule has 0 spiro atoms. The highest BCUT2D eigenvalue weighted by Gasteiger charge is 2.42. The number of nitrogens with one attached hydrogen (secondary N) is 1. The highest BCUT2D eigenvalue weighted by molar-refractivity contribution is 6.30. The van der Waals surface area contributed by atoms with Crippen molar-refractivity contribution < 1.29 is 22.5 Å². The maximum absolute atomic E-state index is 12.8. The summed E-state index contributed by atoms with van der Waals surface area (Å²) in [5.41, 5.74) is 0.735. The molecule has 9 heteroatoms. The first-order chi connectivity index (χ1) is 12.8. The van der Waals surface area contributed by atoms with Crippen molar-refractivity contribution in [2.45, 2.75) is 50.7 Å². The van der Waals surface area contributed by atoms with Crippen LogP contribution in [0.3, 0.4) is 0 Å². The van der Waals surface area contributed by atoms with E-state index in [-0.39, 0.29) is 31.6 Å². The normalized spacial score (nSPS) is 20.4. The molecule has 1 aromatic carbocycles. The average Bonchev–Trinajstić information content (AvgIpc) is 3.09. The second-order valence-corrected chi connectivity index (χ2v) is 7.12. The van der Waals surface area contributed by atoms with E-state index in [2.05, 4.69) is 15.5 Å². The van der Waals surface area contributed by atoms with Crippen molar-refractivity contribution in [3.8, 4) is 11.4 Å². The quantitative estimate of drug-likeness (QED) is 0.797. The summed E-state index contributed by atoms with van der Waals surface area (Å²) in [4.78, 5) is 16.3. The second kappa shape index (κ2) is 8.29. The van der Waals surface area contributed by atoms with Crippen LogP contribution in [0.1, 0.15) is 38.0 Å². The van der Waals surface area contributed by atoms with Gasteiger partial charge in [-0.15, -0.1) is 0 Å². The van der Waals surface area contributed by atoms with Gasteiger partial charge in [-0.2, -0.15) is 18.2 Å². The third kappa shape index (κ3) is 5.45. The van der Waals surface area contributed by atoms with Gasteiger partial charge in [-0.3, -0.25) is 4.79 Å². The van der Waals surface area contributed by atoms with Crippen LogP contribution < -0.4 is 5.32 Å². The number of carbonyl (C=O) groups is 1. The van der Waals surface area contributed by atoms with E-state index < -0.39 is 18.1 Å². The van der Waals surface area contributed by atoms with Crippen LogP contribution in [0.25, 0.3) is 11.4 Å². The van der Waals surface area contributed by atoms with E-state index >= 15 is 0 Å². The number of carbonyl (C=O) groups excluding carboxylic acids is 1. The van der Waals surface area contributed by atoms with E-state index in [9.17, 15) is 18.0 Å². The molecule has 1 aromatic heterocycles. The summed E-state index contributed by atoms with van der Waals surface area (Å²) in [6.07, 6.45) is -2.80. The molecular formula is C18H19ClF3N3O2. The van der Waals surface area contributed by atoms with Crippen LogP contribution in [-0.2, 0) is 11.2 Å². The van der Waals surface area contributed by atoms with E-state index in [4.69, 9.17) is 16.1 Å². The summed E-state index contributed by atoms with van der Waals surface area (Å²) in [7, 11) is 0. The molecule has 1 saturated carbocycles. The van der Waals surface area contributed by atoms with Crippen molar-refractivity contribution in [1.29, 1.82) is 0 Å². The summed E-state index contributed by atoms with van der Waals surface area (Å²) < 4.78 is 43.6. The first kappa shape index (κ1) is 19.7. The van der Waals surface area contributed by atoms with Crippen molar-refractivity contribution in [2.24, 2.45) is 5.92 Å². The zero-order valence-corrected chi connectivity index (χ0v) is 15.2. The standard InChI is InChI=1S/C18H19ClF3N3O2/c19-13-6-4-11(5-7-13)17-24-16(27-25-17)9-8-15(26)23-14-3-1-2-12(10-14)18(20,21)22/h4-7,12,14H,1-3,8-10H2,(H,23,26)/t12-,14+/m1/s1. The number of hydrogen-bond acceptors (Lipinski definition) is 4. The summed E-state index contributed by atoms with van der Waals surface area (Å²) in [5, 5.41) is 7.15. The van der Waals surface area contributed by atoms with Crippen LogP contribution in [0.5, 0.6) is 0 Å². The molecule has 0 radical (unpaired) electrons. The molecule has 146 valence electrons. The Labute approximate surface area is 159 Å². The lowest BCUT2D eigenvalue weighted by Gasteiger charge is -2.31. The minimum Gasteiger partial charge on any atom is -0.353 e. The van der Waals surface area contributed by atoms with Crippen molar-refractivity contribution >= 4 is 17.5 Å². The Kier molecular flexibility index (Phi) is 6.04. The third-order valence-corrected chi connectivity index (χ3v) is 4.89. The van der Waals surface area contributed by atoms with Gasteiger partial charge in [-0.05, 0) is 43.5 Å². The summed E-state index contributed by atoms with van der Waals surface area (Å²) in [6, 6.07) is 6.48. The lowest BCUT2D eigenvalue weighted by atomic mass is 9.85. The highest BCUT2D eigenvalue weighted by atomic mass is 35.5. The van der Waals surface area contributed by atoms with Gasteiger partial charge in [-0.1, -0.05) is 23.2 Å². The smallest absolute Gasteiger partial charge is 0.353 e. The largest absolute Gasteiger partial charge is 0.391 e. The number of aromatic nitrogens is 2. The zero-order valence-electron chi connectivity index (χ0n) is 14.4. The van der Waals surface area contributed by atoms with Gasteiger partial charge in [0.05, 0.1) is 5.92 Å². The summed E-state index contributed by atoms with van der Waals surface area (Å²) >= 11 is 5.83. The monoisotopic (exact) mass is 401 g/mol. The predicted molar refractivity (Wildman–Crippen MR) is 93.0 cm³/mol. The highest BCUT2D eigenvalue weighted by Crippen LogP contribution is 2.37. The van der Waals surface area contributed by atoms with Crippen molar-refractivity contribution in [3.05, 3.63) is 35.2 Å². The molecule has 1 amide bonds. The van der Waals surface area contributed by atoms with Crippen LogP contribution in [0.4, 0.5) is 13.2 Å². The molecule has 0 saturated heterocycles. The number of rotatable bonds is 5. The number of nitrogens with zero attached hydrogens (tertiary/aromatic N) is 2. The van der Waals surface area contributed by atoms with Crippen LogP contribution in [0.15, 0.2) is 28.8 Å². The van der Waals surface area contributed by atoms with Crippen molar-refractivity contribution in [1.82, 2.24) is 15.5 Å². The Bertz CT molecular complexity index is 777. The average molecular weight is 402 g/mol. The molecule has 2 aromatic rings. The maximum Gasteiger partial charge on any atom is 0.391 e. The van der Waals surface area contributed by atoms with E-state index in [1.165, 1.54) is 0 Å². The Morgan fingerprint density at radius 1 is 1.26 bits per heavy atom. The van der Waals surface area contributed by atoms with E-state index in [0.29, 0.717) is 29.6 Å². The van der Waals surface area contributed by atoms with Gasteiger partial charge in [0.15, 0.2) is 0 Å². The van der Waals surface area contributed by atoms with Crippen LogP contribution in [0, 0.1) is 5.92 Å². The van der Waals surface area contributed by atoms with Gasteiger partial charge < -0.3 is 9.84 Å². The Hall–Kier alpha value is -2.09. The fourth-order valence-corrected chi connectivity index (χ4v) is 3.34. The number of halogens is 4. The molecule has 1 heterocycles. The molecule has 3 rings (SSSR count). The van der Waals surface area contributed by atoms with E-state index in [0.717, 1.165) is 5.56 Å². The summed E-state index contributed by atoms with van der Waals surface area (Å²) in [5.74, 6) is -0.960. The van der Waals surface area contributed by atoms with Crippen molar-refractivity contribution in [3.63, 3.8) is 0 Å². The van der Waals surface area contributed by atoms with Gasteiger partial charge >= 0.3 is 6.18 Å². The first-order valence-electron chi connectivity index (χ1n) is 8.76. The number of hydrogen-bond donors (Lipinski definition) is 1. The molecule has 1 fully saturated rings. The van der Waals surface area contributed by atoms with Gasteiger partial charge in [0.1, 0.15) is 0 Å². The number of amides is 1. The molecule has 27 heavy (non-hydrogen) atoms. The molecule has 5 nitrogen and oxygen atoms in total. The number of benzene rings is 1. The molecule has 0 bridgehead atoms. The summed E-state index contributed by atoms with van der Waals surface area (Å²) in [6.45, 7) is 0. The van der Waals surface area contributed by atoms with Crippen LogP contribution in [0.2, 0.25) is 5.02 Å². The first-order valence-corrected chi connectivity index (χ1v) is 9.13.